The molecule has 0 atom stereocenters. The standard InChI is InChI=1S/C13H12N2O4/c16-12(17)11-8-3-1-2-4-9(8)15-6-5-14(13(18)19)7-10(11)15/h1-4H,5-7H2,(H,16,17)(H,18,19). The minimum absolute atomic E-state index is 0.117. The Labute approximate surface area is 108 Å². The van der Waals surface area contributed by atoms with Crippen LogP contribution in [0, 0.1) is 0 Å². The van der Waals surface area contributed by atoms with Gasteiger partial charge in [-0.05, 0) is 6.07 Å². The molecule has 2 heterocycles. The molecule has 6 heteroatoms. The number of hydrogen-bond acceptors (Lipinski definition) is 2. The highest BCUT2D eigenvalue weighted by Gasteiger charge is 2.28. The number of aromatic nitrogens is 1. The van der Waals surface area contributed by atoms with Gasteiger partial charge in [0.1, 0.15) is 0 Å². The molecule has 0 radical (unpaired) electrons. The highest BCUT2D eigenvalue weighted by atomic mass is 16.4. The van der Waals surface area contributed by atoms with Gasteiger partial charge in [-0.1, -0.05) is 18.2 Å². The second kappa shape index (κ2) is 4.01. The van der Waals surface area contributed by atoms with E-state index in [1.807, 2.05) is 16.7 Å². The molecule has 1 aliphatic rings. The summed E-state index contributed by atoms with van der Waals surface area (Å²) >= 11 is 0. The number of para-hydroxylation sites is 1. The highest BCUT2D eigenvalue weighted by molar-refractivity contribution is 6.05. The van der Waals surface area contributed by atoms with Gasteiger partial charge in [-0.3, -0.25) is 0 Å². The SMILES string of the molecule is O=C(O)c1c2n(c3ccccc13)CCN(C(=O)O)C2. The van der Waals surface area contributed by atoms with E-state index < -0.39 is 12.1 Å². The number of benzene rings is 1. The zero-order chi connectivity index (χ0) is 13.6. The van der Waals surface area contributed by atoms with E-state index in [2.05, 4.69) is 0 Å². The maximum atomic E-state index is 11.4. The maximum Gasteiger partial charge on any atom is 0.407 e. The minimum Gasteiger partial charge on any atom is -0.478 e. The van der Waals surface area contributed by atoms with Crippen molar-refractivity contribution >= 4 is 23.0 Å². The first-order valence-corrected chi connectivity index (χ1v) is 5.91. The van der Waals surface area contributed by atoms with Gasteiger partial charge in [0.15, 0.2) is 0 Å². The average Bonchev–Trinajstić information content (AvgIpc) is 2.72. The first-order valence-electron chi connectivity index (χ1n) is 5.91. The molecule has 1 aliphatic heterocycles. The molecule has 0 bridgehead atoms. The van der Waals surface area contributed by atoms with Crippen LogP contribution in [-0.4, -0.2) is 38.3 Å². The van der Waals surface area contributed by atoms with Crippen molar-refractivity contribution in [2.24, 2.45) is 0 Å². The van der Waals surface area contributed by atoms with E-state index in [0.29, 0.717) is 24.2 Å². The second-order valence-corrected chi connectivity index (χ2v) is 4.50. The number of amides is 1. The van der Waals surface area contributed by atoms with E-state index >= 15 is 0 Å². The van der Waals surface area contributed by atoms with E-state index in [-0.39, 0.29) is 12.1 Å². The summed E-state index contributed by atoms with van der Waals surface area (Å²) in [7, 11) is 0. The third kappa shape index (κ3) is 1.64. The fourth-order valence-corrected chi connectivity index (χ4v) is 2.66. The van der Waals surface area contributed by atoms with Gasteiger partial charge in [-0.15, -0.1) is 0 Å². The summed E-state index contributed by atoms with van der Waals surface area (Å²) in [6, 6.07) is 7.26. The minimum atomic E-state index is -1.02. The highest BCUT2D eigenvalue weighted by Crippen LogP contribution is 2.29. The van der Waals surface area contributed by atoms with Crippen molar-refractivity contribution in [3.05, 3.63) is 35.5 Å². The Morgan fingerprint density at radius 3 is 2.53 bits per heavy atom. The molecule has 0 fully saturated rings. The molecule has 1 amide bonds. The predicted molar refractivity (Wildman–Crippen MR) is 67.3 cm³/mol. The number of nitrogens with zero attached hydrogens (tertiary/aromatic N) is 2. The Morgan fingerprint density at radius 2 is 1.84 bits per heavy atom. The summed E-state index contributed by atoms with van der Waals surface area (Å²) in [6.07, 6.45) is -1.02. The van der Waals surface area contributed by atoms with Gasteiger partial charge in [-0.2, -0.15) is 0 Å². The van der Waals surface area contributed by atoms with Gasteiger partial charge in [0, 0.05) is 24.0 Å². The molecule has 19 heavy (non-hydrogen) atoms. The molecule has 0 unspecified atom stereocenters. The average molecular weight is 260 g/mol. The fraction of sp³-hybridized carbons (Fsp3) is 0.231. The molecule has 3 rings (SSSR count). The van der Waals surface area contributed by atoms with Gasteiger partial charge < -0.3 is 19.7 Å². The van der Waals surface area contributed by atoms with Crippen molar-refractivity contribution in [2.75, 3.05) is 6.54 Å². The van der Waals surface area contributed by atoms with E-state index in [4.69, 9.17) is 5.11 Å². The van der Waals surface area contributed by atoms with Crippen LogP contribution in [0.2, 0.25) is 0 Å². The lowest BCUT2D eigenvalue weighted by Gasteiger charge is -2.26. The van der Waals surface area contributed by atoms with Crippen LogP contribution in [0.3, 0.4) is 0 Å². The third-order valence-electron chi connectivity index (χ3n) is 3.50. The van der Waals surface area contributed by atoms with Crippen LogP contribution in [-0.2, 0) is 13.1 Å². The molecule has 6 nitrogen and oxygen atoms in total. The summed E-state index contributed by atoms with van der Waals surface area (Å²) in [5, 5.41) is 19.1. The van der Waals surface area contributed by atoms with E-state index in [0.717, 1.165) is 5.52 Å². The predicted octanol–water partition coefficient (Wildman–Crippen LogP) is 1.83. The molecule has 0 saturated carbocycles. The van der Waals surface area contributed by atoms with Crippen molar-refractivity contribution in [1.82, 2.24) is 9.47 Å². The lowest BCUT2D eigenvalue weighted by Crippen LogP contribution is -2.37. The second-order valence-electron chi connectivity index (χ2n) is 4.50. The smallest absolute Gasteiger partial charge is 0.407 e. The van der Waals surface area contributed by atoms with Crippen LogP contribution in [0.1, 0.15) is 16.1 Å². The summed E-state index contributed by atoms with van der Waals surface area (Å²) < 4.78 is 1.90. The van der Waals surface area contributed by atoms with Crippen LogP contribution in [0.5, 0.6) is 0 Å². The molecular weight excluding hydrogens is 248 g/mol. The number of aromatic carboxylic acids is 1. The van der Waals surface area contributed by atoms with Crippen LogP contribution in [0.15, 0.2) is 24.3 Å². The number of carboxylic acids is 1. The zero-order valence-electron chi connectivity index (χ0n) is 10.0. The number of rotatable bonds is 1. The van der Waals surface area contributed by atoms with Crippen molar-refractivity contribution in [3.8, 4) is 0 Å². The topological polar surface area (TPSA) is 82.8 Å². The van der Waals surface area contributed by atoms with Gasteiger partial charge in [0.25, 0.3) is 0 Å². The molecule has 0 aliphatic carbocycles. The Bertz CT molecular complexity index is 689. The van der Waals surface area contributed by atoms with Crippen LogP contribution >= 0.6 is 0 Å². The van der Waals surface area contributed by atoms with Gasteiger partial charge >= 0.3 is 12.1 Å². The lowest BCUT2D eigenvalue weighted by molar-refractivity contribution is 0.0693. The van der Waals surface area contributed by atoms with Crippen LogP contribution in [0.4, 0.5) is 4.79 Å². The fourth-order valence-electron chi connectivity index (χ4n) is 2.66. The van der Waals surface area contributed by atoms with Crippen LogP contribution in [0.25, 0.3) is 10.9 Å². The van der Waals surface area contributed by atoms with Crippen molar-refractivity contribution in [1.29, 1.82) is 0 Å². The number of hydrogen-bond donors (Lipinski definition) is 2. The monoisotopic (exact) mass is 260 g/mol. The lowest BCUT2D eigenvalue weighted by atomic mass is 10.1. The molecule has 1 aromatic heterocycles. The summed E-state index contributed by atoms with van der Waals surface area (Å²) in [5.41, 5.74) is 1.61. The normalized spacial score (nSPS) is 14.4. The quantitative estimate of drug-likeness (QED) is 0.819. The number of carboxylic acid groups (broad SMARTS) is 2. The summed E-state index contributed by atoms with van der Waals surface area (Å²) in [5.74, 6) is -1.02. The van der Waals surface area contributed by atoms with E-state index in [9.17, 15) is 14.7 Å². The molecule has 2 N–H and O–H groups in total. The Balaban J connectivity index is 2.25. The summed E-state index contributed by atoms with van der Waals surface area (Å²) in [4.78, 5) is 23.7. The molecule has 0 spiro atoms. The zero-order valence-corrected chi connectivity index (χ0v) is 10.0. The van der Waals surface area contributed by atoms with Crippen molar-refractivity contribution in [3.63, 3.8) is 0 Å². The molecule has 98 valence electrons. The van der Waals surface area contributed by atoms with Crippen LogP contribution < -0.4 is 0 Å². The van der Waals surface area contributed by atoms with Crippen molar-refractivity contribution < 1.29 is 19.8 Å². The Hall–Kier alpha value is -2.50. The third-order valence-corrected chi connectivity index (χ3v) is 3.50. The number of carbonyl (C=O) groups is 2. The number of fused-ring (bicyclic) bond motifs is 3. The summed E-state index contributed by atoms with van der Waals surface area (Å²) in [6.45, 7) is 0.973. The molecule has 1 aromatic carbocycles. The Morgan fingerprint density at radius 1 is 1.11 bits per heavy atom. The molecular formula is C13H12N2O4. The Kier molecular flexibility index (Phi) is 2.45. The first-order chi connectivity index (χ1) is 9.09. The maximum absolute atomic E-state index is 11.4. The first kappa shape index (κ1) is 11.6. The van der Waals surface area contributed by atoms with Gasteiger partial charge in [-0.25, -0.2) is 9.59 Å². The van der Waals surface area contributed by atoms with Gasteiger partial charge in [0.05, 0.1) is 17.8 Å². The van der Waals surface area contributed by atoms with E-state index in [1.54, 1.807) is 12.1 Å². The van der Waals surface area contributed by atoms with Crippen molar-refractivity contribution in [2.45, 2.75) is 13.1 Å². The largest absolute Gasteiger partial charge is 0.478 e. The van der Waals surface area contributed by atoms with Gasteiger partial charge in [0.2, 0.25) is 0 Å². The molecule has 2 aromatic rings. The van der Waals surface area contributed by atoms with E-state index in [1.165, 1.54) is 4.90 Å². The molecule has 0 saturated heterocycles.